The van der Waals surface area contributed by atoms with Crippen LogP contribution in [0.5, 0.6) is 0 Å². The average molecular weight is 200 g/mol. The molecule has 0 aromatic carbocycles. The van der Waals surface area contributed by atoms with Gasteiger partial charge in [0.2, 0.25) is 0 Å². The maximum atomic E-state index is 9.06. The Kier molecular flexibility index (Phi) is 3.69. The zero-order valence-corrected chi connectivity index (χ0v) is 8.95. The Morgan fingerprint density at radius 3 is 1.73 bits per heavy atom. The van der Waals surface area contributed by atoms with Gasteiger partial charge in [-0.15, -0.1) is 13.2 Å². The highest BCUT2D eigenvalue weighted by atomic mass is 14.5. The molecule has 78 valence electrons. The van der Waals surface area contributed by atoms with Crippen LogP contribution in [-0.2, 0) is 0 Å². The van der Waals surface area contributed by atoms with Crippen LogP contribution in [0.3, 0.4) is 0 Å². The SMILES string of the molecule is C=CC[C@@H]1CC(C#N)(C#N)C[C@H]1CC=C. The molecule has 1 saturated carbocycles. The molecule has 1 fully saturated rings. The van der Waals surface area contributed by atoms with E-state index in [-0.39, 0.29) is 0 Å². The van der Waals surface area contributed by atoms with Crippen molar-refractivity contribution in [2.24, 2.45) is 17.3 Å². The average Bonchev–Trinajstić information content (AvgIpc) is 2.59. The summed E-state index contributed by atoms with van der Waals surface area (Å²) in [5, 5.41) is 18.1. The van der Waals surface area contributed by atoms with E-state index in [9.17, 15) is 0 Å². The third-order valence-corrected chi connectivity index (χ3v) is 3.25. The van der Waals surface area contributed by atoms with E-state index in [1.807, 2.05) is 12.2 Å². The largest absolute Gasteiger partial charge is 0.197 e. The van der Waals surface area contributed by atoms with Crippen LogP contribution in [0, 0.1) is 39.9 Å². The maximum Gasteiger partial charge on any atom is 0.144 e. The second-order valence-electron chi connectivity index (χ2n) is 4.28. The summed E-state index contributed by atoms with van der Waals surface area (Å²) in [5.41, 5.74) is -0.763. The molecule has 0 amide bonds. The van der Waals surface area contributed by atoms with Crippen molar-refractivity contribution in [2.45, 2.75) is 25.7 Å². The summed E-state index contributed by atoms with van der Waals surface area (Å²) >= 11 is 0. The molecule has 1 rings (SSSR count). The van der Waals surface area contributed by atoms with Gasteiger partial charge in [-0.3, -0.25) is 0 Å². The van der Waals surface area contributed by atoms with Crippen LogP contribution in [0.1, 0.15) is 25.7 Å². The molecule has 0 saturated heterocycles. The van der Waals surface area contributed by atoms with Crippen molar-refractivity contribution in [2.75, 3.05) is 0 Å². The lowest BCUT2D eigenvalue weighted by Gasteiger charge is -2.14. The number of rotatable bonds is 4. The fourth-order valence-electron chi connectivity index (χ4n) is 2.50. The molecule has 0 aromatic rings. The smallest absolute Gasteiger partial charge is 0.144 e. The van der Waals surface area contributed by atoms with Gasteiger partial charge in [-0.2, -0.15) is 10.5 Å². The zero-order chi connectivity index (χ0) is 11.3. The predicted molar refractivity (Wildman–Crippen MR) is 59.5 cm³/mol. The summed E-state index contributed by atoms with van der Waals surface area (Å²) in [5.74, 6) is 0.833. The molecule has 2 nitrogen and oxygen atoms in total. The number of nitrogens with zero attached hydrogens (tertiary/aromatic N) is 2. The van der Waals surface area contributed by atoms with E-state index in [2.05, 4.69) is 25.3 Å². The normalized spacial score (nSPS) is 27.6. The Morgan fingerprint density at radius 1 is 1.07 bits per heavy atom. The maximum absolute atomic E-state index is 9.06. The van der Waals surface area contributed by atoms with Gasteiger partial charge >= 0.3 is 0 Å². The van der Waals surface area contributed by atoms with E-state index in [0.29, 0.717) is 24.7 Å². The molecule has 0 bridgehead atoms. The number of hydrogen-bond acceptors (Lipinski definition) is 2. The van der Waals surface area contributed by atoms with E-state index in [4.69, 9.17) is 10.5 Å². The van der Waals surface area contributed by atoms with Crippen molar-refractivity contribution in [1.82, 2.24) is 0 Å². The molecule has 1 aliphatic rings. The van der Waals surface area contributed by atoms with Gasteiger partial charge in [0, 0.05) is 0 Å². The Balaban J connectivity index is 2.82. The molecule has 0 aromatic heterocycles. The molecule has 0 aliphatic heterocycles. The molecule has 2 atom stereocenters. The third kappa shape index (κ3) is 2.28. The summed E-state index contributed by atoms with van der Waals surface area (Å²) in [6.07, 6.45) is 6.92. The Hall–Kier alpha value is -1.54. The van der Waals surface area contributed by atoms with Crippen LogP contribution in [0.2, 0.25) is 0 Å². The molecule has 2 heteroatoms. The minimum Gasteiger partial charge on any atom is -0.197 e. The topological polar surface area (TPSA) is 47.6 Å². The van der Waals surface area contributed by atoms with Crippen LogP contribution >= 0.6 is 0 Å². The summed E-state index contributed by atoms with van der Waals surface area (Å²) in [6.45, 7) is 7.45. The van der Waals surface area contributed by atoms with E-state index < -0.39 is 5.41 Å². The van der Waals surface area contributed by atoms with Gasteiger partial charge in [0.05, 0.1) is 12.1 Å². The summed E-state index contributed by atoms with van der Waals surface area (Å²) in [7, 11) is 0. The summed E-state index contributed by atoms with van der Waals surface area (Å²) in [6, 6.07) is 4.35. The molecule has 15 heavy (non-hydrogen) atoms. The highest BCUT2D eigenvalue weighted by molar-refractivity contribution is 5.19. The first kappa shape index (κ1) is 11.5. The second-order valence-corrected chi connectivity index (χ2v) is 4.28. The van der Waals surface area contributed by atoms with Gasteiger partial charge in [0.1, 0.15) is 5.41 Å². The molecular formula is C13H16N2. The van der Waals surface area contributed by atoms with Crippen LogP contribution in [0.15, 0.2) is 25.3 Å². The standard InChI is InChI=1S/C13H16N2/c1-3-5-11-7-13(9-14,10-15)8-12(11)6-4-2/h3-4,11-12H,1-2,5-8H2/t11-,12-/m1/s1. The first-order chi connectivity index (χ1) is 7.21. The van der Waals surface area contributed by atoms with Crippen LogP contribution in [0.25, 0.3) is 0 Å². The molecule has 1 aliphatic carbocycles. The lowest BCUT2D eigenvalue weighted by Crippen LogP contribution is -2.10. The Labute approximate surface area is 91.5 Å². The minimum atomic E-state index is -0.763. The van der Waals surface area contributed by atoms with E-state index >= 15 is 0 Å². The van der Waals surface area contributed by atoms with Crippen LogP contribution in [-0.4, -0.2) is 0 Å². The lowest BCUT2D eigenvalue weighted by molar-refractivity contribution is 0.395. The fraction of sp³-hybridized carbons (Fsp3) is 0.538. The second kappa shape index (κ2) is 4.80. The Bertz CT molecular complexity index is 295. The molecular weight excluding hydrogens is 184 g/mol. The number of hydrogen-bond donors (Lipinski definition) is 0. The summed E-state index contributed by atoms with van der Waals surface area (Å²) < 4.78 is 0. The highest BCUT2D eigenvalue weighted by Crippen LogP contribution is 2.47. The van der Waals surface area contributed by atoms with Gasteiger partial charge in [-0.05, 0) is 37.5 Å². The lowest BCUT2D eigenvalue weighted by atomic mass is 9.88. The minimum absolute atomic E-state index is 0.416. The first-order valence-electron chi connectivity index (χ1n) is 5.25. The van der Waals surface area contributed by atoms with Crippen LogP contribution in [0.4, 0.5) is 0 Å². The van der Waals surface area contributed by atoms with Gasteiger partial charge in [0.15, 0.2) is 0 Å². The fourth-order valence-corrected chi connectivity index (χ4v) is 2.50. The third-order valence-electron chi connectivity index (χ3n) is 3.25. The predicted octanol–water partition coefficient (Wildman–Crippen LogP) is 3.20. The molecule has 0 heterocycles. The van der Waals surface area contributed by atoms with E-state index in [1.165, 1.54) is 0 Å². The van der Waals surface area contributed by atoms with Gasteiger partial charge in [-0.25, -0.2) is 0 Å². The molecule has 0 unspecified atom stereocenters. The Morgan fingerprint density at radius 2 is 1.47 bits per heavy atom. The molecule has 0 spiro atoms. The summed E-state index contributed by atoms with van der Waals surface area (Å²) in [4.78, 5) is 0. The number of allylic oxidation sites excluding steroid dienone is 2. The van der Waals surface area contributed by atoms with Gasteiger partial charge in [0.25, 0.3) is 0 Å². The molecule has 0 radical (unpaired) electrons. The van der Waals surface area contributed by atoms with E-state index in [0.717, 1.165) is 12.8 Å². The molecule has 0 N–H and O–H groups in total. The number of nitriles is 2. The monoisotopic (exact) mass is 200 g/mol. The van der Waals surface area contributed by atoms with Crippen molar-refractivity contribution in [1.29, 1.82) is 10.5 Å². The van der Waals surface area contributed by atoms with Crippen molar-refractivity contribution < 1.29 is 0 Å². The van der Waals surface area contributed by atoms with Gasteiger partial charge < -0.3 is 0 Å². The van der Waals surface area contributed by atoms with Crippen molar-refractivity contribution >= 4 is 0 Å². The van der Waals surface area contributed by atoms with Crippen molar-refractivity contribution in [3.05, 3.63) is 25.3 Å². The van der Waals surface area contributed by atoms with Gasteiger partial charge in [-0.1, -0.05) is 12.2 Å². The van der Waals surface area contributed by atoms with Crippen LogP contribution < -0.4 is 0 Å². The zero-order valence-electron chi connectivity index (χ0n) is 8.95. The van der Waals surface area contributed by atoms with E-state index in [1.54, 1.807) is 0 Å². The quantitative estimate of drug-likeness (QED) is 0.654. The first-order valence-corrected chi connectivity index (χ1v) is 5.25. The van der Waals surface area contributed by atoms with Crippen molar-refractivity contribution in [3.63, 3.8) is 0 Å². The highest BCUT2D eigenvalue weighted by Gasteiger charge is 2.44. The van der Waals surface area contributed by atoms with Crippen molar-refractivity contribution in [3.8, 4) is 12.1 Å².